The van der Waals surface area contributed by atoms with Crippen molar-refractivity contribution < 1.29 is 19.3 Å². The normalized spacial score (nSPS) is 33.1. The van der Waals surface area contributed by atoms with Gasteiger partial charge in [0.15, 0.2) is 0 Å². The molecule has 0 saturated carbocycles. The van der Waals surface area contributed by atoms with E-state index in [0.29, 0.717) is 25.8 Å². The monoisotopic (exact) mass is 285 g/mol. The summed E-state index contributed by atoms with van der Waals surface area (Å²) in [6.45, 7) is 4.47. The Hall–Kier alpha value is -0.200. The van der Waals surface area contributed by atoms with Crippen LogP contribution in [0, 0.1) is 0 Å². The lowest BCUT2D eigenvalue weighted by molar-refractivity contribution is -0.142. The quantitative estimate of drug-likeness (QED) is 0.805. The highest BCUT2D eigenvalue weighted by Crippen LogP contribution is 2.34. The van der Waals surface area contributed by atoms with E-state index in [9.17, 15) is 5.11 Å². The number of ether oxygens (including phenoxy) is 3. The highest BCUT2D eigenvalue weighted by atomic mass is 16.5. The third-order valence-corrected chi connectivity index (χ3v) is 5.04. The maximum Gasteiger partial charge on any atom is 0.0815 e. The molecule has 2 N–H and O–H groups in total. The number of hydrogen-bond donors (Lipinski definition) is 2. The summed E-state index contributed by atoms with van der Waals surface area (Å²) in [7, 11) is 0. The lowest BCUT2D eigenvalue weighted by Gasteiger charge is -2.44. The molecule has 0 aromatic rings. The maximum atomic E-state index is 10.5. The molecule has 0 aromatic heterocycles. The summed E-state index contributed by atoms with van der Waals surface area (Å²) in [6.07, 6.45) is 5.56. The predicted octanol–water partition coefficient (Wildman–Crippen LogP) is 0.846. The third kappa shape index (κ3) is 3.52. The van der Waals surface area contributed by atoms with Crippen LogP contribution in [-0.2, 0) is 14.2 Å². The van der Waals surface area contributed by atoms with Gasteiger partial charge in [-0.2, -0.15) is 0 Å². The smallest absolute Gasteiger partial charge is 0.0815 e. The van der Waals surface area contributed by atoms with E-state index in [1.165, 1.54) is 0 Å². The molecule has 3 rings (SSSR count). The summed E-state index contributed by atoms with van der Waals surface area (Å²) >= 11 is 0. The number of rotatable bonds is 3. The van der Waals surface area contributed by atoms with Crippen LogP contribution < -0.4 is 5.32 Å². The van der Waals surface area contributed by atoms with Gasteiger partial charge < -0.3 is 24.6 Å². The van der Waals surface area contributed by atoms with Crippen LogP contribution in [0.4, 0.5) is 0 Å². The van der Waals surface area contributed by atoms with E-state index < -0.39 is 5.60 Å². The zero-order valence-corrected chi connectivity index (χ0v) is 12.2. The first-order chi connectivity index (χ1) is 9.70. The number of hydrogen-bond acceptors (Lipinski definition) is 5. The van der Waals surface area contributed by atoms with Gasteiger partial charge >= 0.3 is 0 Å². The zero-order chi connectivity index (χ0) is 13.9. The Bertz CT molecular complexity index is 305. The molecule has 20 heavy (non-hydrogen) atoms. The molecule has 3 aliphatic heterocycles. The Balaban J connectivity index is 1.49. The Labute approximate surface area is 121 Å². The molecular formula is C15H27NO4. The van der Waals surface area contributed by atoms with Crippen molar-refractivity contribution in [3.63, 3.8) is 0 Å². The van der Waals surface area contributed by atoms with Gasteiger partial charge in [-0.3, -0.25) is 0 Å². The van der Waals surface area contributed by atoms with E-state index in [-0.39, 0.29) is 5.60 Å². The molecule has 5 heteroatoms. The molecule has 0 aliphatic carbocycles. The van der Waals surface area contributed by atoms with Crippen molar-refractivity contribution in [3.8, 4) is 0 Å². The van der Waals surface area contributed by atoms with Crippen LogP contribution in [0.3, 0.4) is 0 Å². The van der Waals surface area contributed by atoms with Crippen LogP contribution in [0.2, 0.25) is 0 Å². The topological polar surface area (TPSA) is 60.0 Å². The Kier molecular flexibility index (Phi) is 4.62. The lowest BCUT2D eigenvalue weighted by Crippen LogP contribution is -2.53. The molecule has 1 unspecified atom stereocenters. The Morgan fingerprint density at radius 2 is 1.60 bits per heavy atom. The first-order valence-corrected chi connectivity index (χ1v) is 7.95. The minimum absolute atomic E-state index is 0.0203. The van der Waals surface area contributed by atoms with Crippen LogP contribution in [0.15, 0.2) is 0 Å². The van der Waals surface area contributed by atoms with Gasteiger partial charge in [0, 0.05) is 58.5 Å². The van der Waals surface area contributed by atoms with E-state index in [2.05, 4.69) is 5.32 Å². The molecule has 1 spiro atoms. The van der Waals surface area contributed by atoms with Crippen LogP contribution in [-0.4, -0.2) is 61.9 Å². The van der Waals surface area contributed by atoms with Crippen molar-refractivity contribution >= 4 is 0 Å². The second-order valence-electron chi connectivity index (χ2n) is 6.55. The van der Waals surface area contributed by atoms with Crippen LogP contribution in [0.1, 0.15) is 38.5 Å². The molecule has 3 saturated heterocycles. The molecule has 3 fully saturated rings. The van der Waals surface area contributed by atoms with Crippen molar-refractivity contribution in [1.82, 2.24) is 5.32 Å². The first kappa shape index (κ1) is 14.7. The first-order valence-electron chi connectivity index (χ1n) is 7.95. The fourth-order valence-corrected chi connectivity index (χ4v) is 3.56. The molecule has 0 aromatic carbocycles. The van der Waals surface area contributed by atoms with Gasteiger partial charge in [-0.1, -0.05) is 0 Å². The average Bonchev–Trinajstić information content (AvgIpc) is 2.47. The molecule has 0 radical (unpaired) electrons. The van der Waals surface area contributed by atoms with Crippen molar-refractivity contribution in [1.29, 1.82) is 0 Å². The highest BCUT2D eigenvalue weighted by Gasteiger charge is 2.39. The molecule has 3 aliphatic rings. The minimum Gasteiger partial charge on any atom is -0.388 e. The second kappa shape index (κ2) is 6.28. The van der Waals surface area contributed by atoms with E-state index in [4.69, 9.17) is 14.2 Å². The lowest BCUT2D eigenvalue weighted by atomic mass is 9.83. The van der Waals surface area contributed by atoms with Gasteiger partial charge in [0.1, 0.15) is 0 Å². The van der Waals surface area contributed by atoms with Gasteiger partial charge in [0.2, 0.25) is 0 Å². The summed E-state index contributed by atoms with van der Waals surface area (Å²) in [5, 5.41) is 14.1. The van der Waals surface area contributed by atoms with Crippen LogP contribution in [0.5, 0.6) is 0 Å². The van der Waals surface area contributed by atoms with Crippen molar-refractivity contribution in [3.05, 3.63) is 0 Å². The summed E-state index contributed by atoms with van der Waals surface area (Å²) in [5.74, 6) is 0. The van der Waals surface area contributed by atoms with Gasteiger partial charge in [0.25, 0.3) is 0 Å². The highest BCUT2D eigenvalue weighted by molar-refractivity contribution is 4.93. The third-order valence-electron chi connectivity index (χ3n) is 5.04. The number of aliphatic hydroxyl groups is 1. The van der Waals surface area contributed by atoms with Crippen molar-refractivity contribution in [2.75, 3.05) is 39.6 Å². The summed E-state index contributed by atoms with van der Waals surface area (Å²) in [5.41, 5.74) is -0.564. The second-order valence-corrected chi connectivity index (χ2v) is 6.55. The van der Waals surface area contributed by atoms with Gasteiger partial charge in [-0.15, -0.1) is 0 Å². The van der Waals surface area contributed by atoms with E-state index in [1.54, 1.807) is 0 Å². The summed E-state index contributed by atoms with van der Waals surface area (Å²) in [6, 6.07) is 0.453. The fraction of sp³-hybridized carbons (Fsp3) is 1.00. The molecule has 0 bridgehead atoms. The maximum absolute atomic E-state index is 10.5. The van der Waals surface area contributed by atoms with Gasteiger partial charge in [-0.25, -0.2) is 0 Å². The molecule has 1 atom stereocenters. The minimum atomic E-state index is -0.584. The molecule has 5 nitrogen and oxygen atoms in total. The standard InChI is InChI=1S/C15H27NO4/c17-14(2-7-18-8-3-14)12-16-13-1-6-20-15(11-13)4-9-19-10-5-15/h13,16-17H,1-12H2. The summed E-state index contributed by atoms with van der Waals surface area (Å²) in [4.78, 5) is 0. The Morgan fingerprint density at radius 3 is 2.30 bits per heavy atom. The van der Waals surface area contributed by atoms with Crippen LogP contribution >= 0.6 is 0 Å². The summed E-state index contributed by atoms with van der Waals surface area (Å²) < 4.78 is 16.8. The SMILES string of the molecule is OC1(CNC2CCOC3(CCOCC3)C2)CCOCC1. The van der Waals surface area contributed by atoms with E-state index >= 15 is 0 Å². The molecule has 3 heterocycles. The van der Waals surface area contributed by atoms with Gasteiger partial charge in [-0.05, 0) is 25.7 Å². The van der Waals surface area contributed by atoms with Gasteiger partial charge in [0.05, 0.1) is 11.2 Å². The van der Waals surface area contributed by atoms with Crippen molar-refractivity contribution in [2.24, 2.45) is 0 Å². The van der Waals surface area contributed by atoms with Crippen LogP contribution in [0.25, 0.3) is 0 Å². The molecular weight excluding hydrogens is 258 g/mol. The van der Waals surface area contributed by atoms with E-state index in [1.807, 2.05) is 0 Å². The average molecular weight is 285 g/mol. The molecule has 0 amide bonds. The predicted molar refractivity (Wildman–Crippen MR) is 74.8 cm³/mol. The molecule has 116 valence electrons. The van der Waals surface area contributed by atoms with E-state index in [0.717, 1.165) is 58.3 Å². The number of nitrogens with one attached hydrogen (secondary N) is 1. The zero-order valence-electron chi connectivity index (χ0n) is 12.2. The van der Waals surface area contributed by atoms with Crippen molar-refractivity contribution in [2.45, 2.75) is 55.8 Å². The fourth-order valence-electron chi connectivity index (χ4n) is 3.56. The Morgan fingerprint density at radius 1 is 0.950 bits per heavy atom. The largest absolute Gasteiger partial charge is 0.388 e.